The zero-order valence-electron chi connectivity index (χ0n) is 15.2. The molecule has 9 heteroatoms. The number of aromatic hydroxyl groups is 1. The number of esters is 1. The Bertz CT molecular complexity index is 1010. The number of nitrogens with zero attached hydrogens (tertiary/aromatic N) is 1. The number of carbonyl (C=O) groups excluding carboxylic acids is 3. The minimum atomic E-state index is -1.20. The van der Waals surface area contributed by atoms with Crippen LogP contribution in [-0.2, 0) is 20.7 Å². The molecular formula is C20H16F2N2O5. The van der Waals surface area contributed by atoms with Crippen molar-refractivity contribution >= 4 is 23.5 Å². The minimum Gasteiger partial charge on any atom is -0.503 e. The predicted octanol–water partition coefficient (Wildman–Crippen LogP) is 2.36. The van der Waals surface area contributed by atoms with Crippen LogP contribution in [0, 0.1) is 11.6 Å². The monoisotopic (exact) mass is 402 g/mol. The molecule has 7 nitrogen and oxygen atoms in total. The molecule has 0 saturated carbocycles. The molecule has 0 spiro atoms. The van der Waals surface area contributed by atoms with Gasteiger partial charge in [-0.25, -0.2) is 13.6 Å². The van der Waals surface area contributed by atoms with Gasteiger partial charge >= 0.3 is 5.97 Å². The Morgan fingerprint density at radius 1 is 1.17 bits per heavy atom. The summed E-state index contributed by atoms with van der Waals surface area (Å²) in [7, 11) is 1.27. The van der Waals surface area contributed by atoms with Gasteiger partial charge in [-0.05, 0) is 24.1 Å². The zero-order valence-corrected chi connectivity index (χ0v) is 15.2. The summed E-state index contributed by atoms with van der Waals surface area (Å²) in [6.45, 7) is 0.0439. The van der Waals surface area contributed by atoms with E-state index >= 15 is 0 Å². The lowest BCUT2D eigenvalue weighted by Gasteiger charge is -2.15. The van der Waals surface area contributed by atoms with Gasteiger partial charge in [-0.2, -0.15) is 0 Å². The number of ether oxygens (including phenoxy) is 1. The number of benzene rings is 2. The molecule has 0 aromatic heterocycles. The standard InChI is InChI=1S/C20H16F2N2O5/c1-29-20(28)12-4-2-3-11(7-12)5-6-24-17(25)10-16(19(24)27)23-13-8-14(21)18(26)15(22)9-13/h2-4,7-10,23,26H,5-6H2,1H3. The van der Waals surface area contributed by atoms with Crippen molar-refractivity contribution in [2.45, 2.75) is 6.42 Å². The number of methoxy groups -OCH3 is 1. The highest BCUT2D eigenvalue weighted by atomic mass is 19.1. The molecule has 150 valence electrons. The Morgan fingerprint density at radius 2 is 1.86 bits per heavy atom. The first-order valence-corrected chi connectivity index (χ1v) is 8.50. The van der Waals surface area contributed by atoms with Gasteiger partial charge in [0.05, 0.1) is 12.7 Å². The predicted molar refractivity (Wildman–Crippen MR) is 97.9 cm³/mol. The maximum atomic E-state index is 13.4. The molecule has 0 radical (unpaired) electrons. The van der Waals surface area contributed by atoms with E-state index in [9.17, 15) is 23.2 Å². The Balaban J connectivity index is 1.67. The summed E-state index contributed by atoms with van der Waals surface area (Å²) in [6, 6.07) is 8.20. The van der Waals surface area contributed by atoms with Gasteiger partial charge < -0.3 is 15.2 Å². The summed E-state index contributed by atoms with van der Waals surface area (Å²) in [5.74, 6) is -5.27. The van der Waals surface area contributed by atoms with Crippen molar-refractivity contribution in [2.24, 2.45) is 0 Å². The third kappa shape index (κ3) is 4.23. The van der Waals surface area contributed by atoms with E-state index in [4.69, 9.17) is 5.11 Å². The van der Waals surface area contributed by atoms with Crippen molar-refractivity contribution in [3.8, 4) is 5.75 Å². The molecule has 29 heavy (non-hydrogen) atoms. The van der Waals surface area contributed by atoms with Crippen LogP contribution in [0.4, 0.5) is 14.5 Å². The van der Waals surface area contributed by atoms with Gasteiger partial charge in [0.1, 0.15) is 5.70 Å². The Kier molecular flexibility index (Phi) is 5.58. The average molecular weight is 402 g/mol. The topological polar surface area (TPSA) is 95.9 Å². The second-order valence-corrected chi connectivity index (χ2v) is 6.21. The van der Waals surface area contributed by atoms with Gasteiger partial charge in [-0.15, -0.1) is 0 Å². The van der Waals surface area contributed by atoms with E-state index in [1.54, 1.807) is 24.3 Å². The smallest absolute Gasteiger partial charge is 0.337 e. The molecule has 0 atom stereocenters. The largest absolute Gasteiger partial charge is 0.503 e. The Hall–Kier alpha value is -3.75. The second-order valence-electron chi connectivity index (χ2n) is 6.21. The second kappa shape index (κ2) is 8.09. The van der Waals surface area contributed by atoms with E-state index < -0.39 is 35.2 Å². The molecule has 0 saturated heterocycles. The SMILES string of the molecule is COC(=O)c1cccc(CCN2C(=O)C=C(Nc3cc(F)c(O)c(F)c3)C2=O)c1. The van der Waals surface area contributed by atoms with E-state index in [-0.39, 0.29) is 17.9 Å². The van der Waals surface area contributed by atoms with E-state index in [2.05, 4.69) is 10.1 Å². The molecule has 0 fully saturated rings. The molecule has 2 aromatic carbocycles. The summed E-state index contributed by atoms with van der Waals surface area (Å²) in [5, 5.41) is 11.6. The highest BCUT2D eigenvalue weighted by molar-refractivity contribution is 6.17. The van der Waals surface area contributed by atoms with E-state index in [1.807, 2.05) is 0 Å². The normalized spacial score (nSPS) is 13.5. The van der Waals surface area contributed by atoms with Crippen molar-refractivity contribution in [3.05, 3.63) is 70.9 Å². The lowest BCUT2D eigenvalue weighted by molar-refractivity contribution is -0.137. The molecule has 0 bridgehead atoms. The highest BCUT2D eigenvalue weighted by Gasteiger charge is 2.31. The molecule has 0 unspecified atom stereocenters. The van der Waals surface area contributed by atoms with Crippen LogP contribution in [-0.4, -0.2) is 41.4 Å². The van der Waals surface area contributed by atoms with Crippen molar-refractivity contribution in [3.63, 3.8) is 0 Å². The maximum absolute atomic E-state index is 13.4. The number of rotatable bonds is 6. The van der Waals surface area contributed by atoms with Crippen LogP contribution in [0.25, 0.3) is 0 Å². The maximum Gasteiger partial charge on any atom is 0.337 e. The van der Waals surface area contributed by atoms with Crippen LogP contribution in [0.2, 0.25) is 0 Å². The molecule has 2 amide bonds. The van der Waals surface area contributed by atoms with Gasteiger partial charge in [0, 0.05) is 30.4 Å². The van der Waals surface area contributed by atoms with Crippen molar-refractivity contribution in [1.29, 1.82) is 0 Å². The summed E-state index contributed by atoms with van der Waals surface area (Å²) in [6.07, 6.45) is 1.32. The van der Waals surface area contributed by atoms with Gasteiger partial charge in [-0.1, -0.05) is 12.1 Å². The molecule has 0 aliphatic carbocycles. The van der Waals surface area contributed by atoms with E-state index in [1.165, 1.54) is 7.11 Å². The van der Waals surface area contributed by atoms with Crippen LogP contribution in [0.3, 0.4) is 0 Å². The van der Waals surface area contributed by atoms with Gasteiger partial charge in [0.2, 0.25) is 0 Å². The number of phenolic OH excluding ortho intramolecular Hbond substituents is 1. The third-order valence-corrected chi connectivity index (χ3v) is 4.28. The molecular weight excluding hydrogens is 386 g/mol. The Labute approximate surface area is 164 Å². The quantitative estimate of drug-likeness (QED) is 0.438. The average Bonchev–Trinajstić information content (AvgIpc) is 2.96. The number of amides is 2. The first-order valence-electron chi connectivity index (χ1n) is 8.50. The van der Waals surface area contributed by atoms with Crippen LogP contribution in [0.1, 0.15) is 15.9 Å². The van der Waals surface area contributed by atoms with Crippen LogP contribution in [0.5, 0.6) is 5.75 Å². The number of anilines is 1. The number of nitrogens with one attached hydrogen (secondary N) is 1. The molecule has 2 N–H and O–H groups in total. The van der Waals surface area contributed by atoms with Crippen molar-refractivity contribution in [2.75, 3.05) is 19.0 Å². The molecule has 1 aliphatic heterocycles. The fourth-order valence-electron chi connectivity index (χ4n) is 2.82. The number of imide groups is 1. The lowest BCUT2D eigenvalue weighted by atomic mass is 10.1. The number of hydrogen-bond acceptors (Lipinski definition) is 6. The molecule has 1 aliphatic rings. The Morgan fingerprint density at radius 3 is 2.52 bits per heavy atom. The molecule has 3 rings (SSSR count). The number of halogens is 2. The number of phenols is 1. The number of hydrogen-bond donors (Lipinski definition) is 2. The van der Waals surface area contributed by atoms with Crippen LogP contribution >= 0.6 is 0 Å². The fourth-order valence-corrected chi connectivity index (χ4v) is 2.82. The summed E-state index contributed by atoms with van der Waals surface area (Å²) in [5.41, 5.74) is 0.791. The number of carbonyl (C=O) groups is 3. The van der Waals surface area contributed by atoms with E-state index in [0.717, 1.165) is 28.7 Å². The minimum absolute atomic E-state index is 0.0439. The van der Waals surface area contributed by atoms with Gasteiger partial charge in [0.15, 0.2) is 17.4 Å². The first-order chi connectivity index (χ1) is 13.8. The van der Waals surface area contributed by atoms with Crippen LogP contribution < -0.4 is 5.32 Å². The molecule has 1 heterocycles. The first kappa shape index (κ1) is 20.0. The zero-order chi connectivity index (χ0) is 21.1. The van der Waals surface area contributed by atoms with Crippen molar-refractivity contribution in [1.82, 2.24) is 4.90 Å². The third-order valence-electron chi connectivity index (χ3n) is 4.28. The summed E-state index contributed by atoms with van der Waals surface area (Å²) in [4.78, 5) is 37.2. The van der Waals surface area contributed by atoms with E-state index in [0.29, 0.717) is 12.0 Å². The van der Waals surface area contributed by atoms with Crippen molar-refractivity contribution < 1.29 is 33.0 Å². The van der Waals surface area contributed by atoms with Gasteiger partial charge in [-0.3, -0.25) is 14.5 Å². The lowest BCUT2D eigenvalue weighted by Crippen LogP contribution is -2.34. The molecule has 2 aromatic rings. The highest BCUT2D eigenvalue weighted by Crippen LogP contribution is 2.26. The fraction of sp³-hybridized carbons (Fsp3) is 0.150. The summed E-state index contributed by atoms with van der Waals surface area (Å²) < 4.78 is 31.5. The summed E-state index contributed by atoms with van der Waals surface area (Å²) >= 11 is 0. The van der Waals surface area contributed by atoms with Gasteiger partial charge in [0.25, 0.3) is 11.8 Å². The van der Waals surface area contributed by atoms with Crippen LogP contribution in [0.15, 0.2) is 48.2 Å².